The fourth-order valence-electron chi connectivity index (χ4n) is 2.58. The first kappa shape index (κ1) is 23.0. The molecule has 8 heteroatoms. The quantitative estimate of drug-likeness (QED) is 0.575. The Morgan fingerprint density at radius 2 is 1.79 bits per heavy atom. The molecule has 6 nitrogen and oxygen atoms in total. The minimum Gasteiger partial charge on any atom is -0.482 e. The summed E-state index contributed by atoms with van der Waals surface area (Å²) in [5.74, 6) is -0.206. The van der Waals surface area contributed by atoms with E-state index in [9.17, 15) is 9.59 Å². The minimum absolute atomic E-state index is 0.237. The van der Waals surface area contributed by atoms with Gasteiger partial charge in [0.25, 0.3) is 5.91 Å². The number of halogens is 2. The third-order valence-electron chi connectivity index (χ3n) is 4.23. The Morgan fingerprint density at radius 1 is 1.10 bits per heavy atom. The summed E-state index contributed by atoms with van der Waals surface area (Å²) in [6.45, 7) is 2.41. The Balaban J connectivity index is 2.11. The number of carbonyl (C=O) groups is 2. The Bertz CT molecular complexity index is 815. The van der Waals surface area contributed by atoms with Gasteiger partial charge in [-0.15, -0.1) is 0 Å². The second kappa shape index (κ2) is 11.7. The van der Waals surface area contributed by atoms with Gasteiger partial charge in [-0.3, -0.25) is 9.59 Å². The van der Waals surface area contributed by atoms with Gasteiger partial charge in [0.05, 0.1) is 11.6 Å². The normalized spacial score (nSPS) is 11.6. The van der Waals surface area contributed by atoms with Crippen LogP contribution in [-0.2, 0) is 20.9 Å². The van der Waals surface area contributed by atoms with Crippen molar-refractivity contribution in [2.75, 3.05) is 26.9 Å². The van der Waals surface area contributed by atoms with Gasteiger partial charge in [0, 0.05) is 25.2 Å². The van der Waals surface area contributed by atoms with Crippen LogP contribution < -0.4 is 10.1 Å². The van der Waals surface area contributed by atoms with Crippen LogP contribution in [0.5, 0.6) is 5.75 Å². The molecule has 0 aliphatic rings. The molecule has 0 aliphatic heterocycles. The third kappa shape index (κ3) is 7.24. The van der Waals surface area contributed by atoms with E-state index in [4.69, 9.17) is 32.7 Å². The van der Waals surface area contributed by atoms with Gasteiger partial charge in [-0.2, -0.15) is 0 Å². The molecule has 0 bridgehead atoms. The highest BCUT2D eigenvalue weighted by atomic mass is 35.5. The fraction of sp³-hybridized carbons (Fsp3) is 0.333. The second-order valence-corrected chi connectivity index (χ2v) is 7.17. The molecule has 2 amide bonds. The van der Waals surface area contributed by atoms with Crippen LogP contribution in [0.1, 0.15) is 12.5 Å². The summed E-state index contributed by atoms with van der Waals surface area (Å²) < 4.78 is 10.5. The Hall–Kier alpha value is -2.28. The summed E-state index contributed by atoms with van der Waals surface area (Å²) in [4.78, 5) is 26.9. The van der Waals surface area contributed by atoms with Gasteiger partial charge in [0.2, 0.25) is 5.91 Å². The van der Waals surface area contributed by atoms with Crippen molar-refractivity contribution in [3.8, 4) is 5.75 Å². The Labute approximate surface area is 180 Å². The molecule has 2 rings (SSSR count). The number of hydrogen-bond acceptors (Lipinski definition) is 4. The molecule has 156 valence electrons. The zero-order chi connectivity index (χ0) is 21.2. The molecule has 0 aliphatic carbocycles. The number of para-hydroxylation sites is 1. The van der Waals surface area contributed by atoms with Crippen molar-refractivity contribution in [1.82, 2.24) is 10.2 Å². The van der Waals surface area contributed by atoms with Crippen molar-refractivity contribution in [3.63, 3.8) is 0 Å². The summed E-state index contributed by atoms with van der Waals surface area (Å²) in [6, 6.07) is 13.3. The average Bonchev–Trinajstić information content (AvgIpc) is 2.72. The van der Waals surface area contributed by atoms with Crippen LogP contribution in [0.4, 0.5) is 0 Å². The van der Waals surface area contributed by atoms with E-state index in [0.717, 1.165) is 5.56 Å². The lowest BCUT2D eigenvalue weighted by Crippen LogP contribution is -2.49. The van der Waals surface area contributed by atoms with E-state index >= 15 is 0 Å². The third-order valence-corrected chi connectivity index (χ3v) is 4.79. The lowest BCUT2D eigenvalue weighted by molar-refractivity contribution is -0.142. The molecule has 0 fully saturated rings. The maximum Gasteiger partial charge on any atom is 0.261 e. The molecule has 0 spiro atoms. The van der Waals surface area contributed by atoms with Crippen molar-refractivity contribution in [2.45, 2.75) is 19.5 Å². The SMILES string of the molecule is COCCNC(=O)[C@H](C)N(Cc1ccc(Cl)cc1)C(=O)COc1ccccc1Cl. The van der Waals surface area contributed by atoms with Gasteiger partial charge in [-0.1, -0.05) is 47.5 Å². The molecular formula is C21H24Cl2N2O4. The van der Waals surface area contributed by atoms with Crippen molar-refractivity contribution < 1.29 is 19.1 Å². The van der Waals surface area contributed by atoms with Gasteiger partial charge < -0.3 is 19.7 Å². The summed E-state index contributed by atoms with van der Waals surface area (Å²) in [5.41, 5.74) is 0.844. The molecule has 0 radical (unpaired) electrons. The first-order valence-electron chi connectivity index (χ1n) is 9.10. The lowest BCUT2D eigenvalue weighted by atomic mass is 10.1. The number of nitrogens with zero attached hydrogens (tertiary/aromatic N) is 1. The first-order chi connectivity index (χ1) is 13.9. The van der Waals surface area contributed by atoms with Crippen molar-refractivity contribution in [3.05, 3.63) is 64.1 Å². The first-order valence-corrected chi connectivity index (χ1v) is 9.86. The smallest absolute Gasteiger partial charge is 0.261 e. The Morgan fingerprint density at radius 3 is 2.45 bits per heavy atom. The molecule has 0 saturated heterocycles. The van der Waals surface area contributed by atoms with Crippen LogP contribution in [0.15, 0.2) is 48.5 Å². The average molecular weight is 439 g/mol. The molecule has 0 saturated carbocycles. The molecule has 1 atom stereocenters. The molecule has 1 N–H and O–H groups in total. The van der Waals surface area contributed by atoms with Gasteiger partial charge >= 0.3 is 0 Å². The topological polar surface area (TPSA) is 67.9 Å². The summed E-state index contributed by atoms with van der Waals surface area (Å²) in [5, 5.41) is 3.76. The van der Waals surface area contributed by atoms with Crippen molar-refractivity contribution in [2.24, 2.45) is 0 Å². The summed E-state index contributed by atoms with van der Waals surface area (Å²) in [7, 11) is 1.55. The maximum absolute atomic E-state index is 12.9. The monoisotopic (exact) mass is 438 g/mol. The van der Waals surface area contributed by atoms with Crippen molar-refractivity contribution >= 4 is 35.0 Å². The number of ether oxygens (including phenoxy) is 2. The summed E-state index contributed by atoms with van der Waals surface area (Å²) in [6.07, 6.45) is 0. The predicted octanol–water partition coefficient (Wildman–Crippen LogP) is 3.55. The van der Waals surface area contributed by atoms with Crippen LogP contribution >= 0.6 is 23.2 Å². The number of methoxy groups -OCH3 is 1. The number of rotatable bonds is 10. The largest absolute Gasteiger partial charge is 0.482 e. The number of nitrogens with one attached hydrogen (secondary N) is 1. The van der Waals surface area contributed by atoms with E-state index in [2.05, 4.69) is 5.32 Å². The predicted molar refractivity (Wildman–Crippen MR) is 113 cm³/mol. The Kier molecular flexibility index (Phi) is 9.25. The number of amides is 2. The van der Waals surface area contributed by atoms with E-state index in [0.29, 0.717) is 28.9 Å². The van der Waals surface area contributed by atoms with Crippen LogP contribution in [-0.4, -0.2) is 49.6 Å². The molecule has 0 aromatic heterocycles. The molecule has 29 heavy (non-hydrogen) atoms. The molecule has 0 unspecified atom stereocenters. The summed E-state index contributed by atoms with van der Waals surface area (Å²) >= 11 is 12.0. The van der Waals surface area contributed by atoms with Gasteiger partial charge in [0.15, 0.2) is 6.61 Å². The fourth-order valence-corrected chi connectivity index (χ4v) is 2.89. The zero-order valence-corrected chi connectivity index (χ0v) is 17.9. The minimum atomic E-state index is -0.704. The highest BCUT2D eigenvalue weighted by Crippen LogP contribution is 2.23. The maximum atomic E-state index is 12.9. The molecular weight excluding hydrogens is 415 g/mol. The van der Waals surface area contributed by atoms with Crippen molar-refractivity contribution in [1.29, 1.82) is 0 Å². The van der Waals surface area contributed by atoms with E-state index in [-0.39, 0.29) is 25.0 Å². The van der Waals surface area contributed by atoms with Crippen LogP contribution in [0.3, 0.4) is 0 Å². The van der Waals surface area contributed by atoms with Gasteiger partial charge in [0.1, 0.15) is 11.8 Å². The van der Waals surface area contributed by atoms with E-state index < -0.39 is 6.04 Å². The lowest BCUT2D eigenvalue weighted by Gasteiger charge is -2.28. The van der Waals surface area contributed by atoms with Crippen LogP contribution in [0.2, 0.25) is 10.0 Å². The van der Waals surface area contributed by atoms with Crippen LogP contribution in [0.25, 0.3) is 0 Å². The molecule has 2 aromatic carbocycles. The molecule has 0 heterocycles. The number of benzene rings is 2. The van der Waals surface area contributed by atoms with E-state index in [1.54, 1.807) is 50.4 Å². The number of carbonyl (C=O) groups excluding carboxylic acids is 2. The zero-order valence-electron chi connectivity index (χ0n) is 16.4. The second-order valence-electron chi connectivity index (χ2n) is 6.33. The number of hydrogen-bond donors (Lipinski definition) is 1. The van der Waals surface area contributed by atoms with E-state index in [1.807, 2.05) is 12.1 Å². The van der Waals surface area contributed by atoms with Crippen LogP contribution in [0, 0.1) is 0 Å². The highest BCUT2D eigenvalue weighted by molar-refractivity contribution is 6.32. The van der Waals surface area contributed by atoms with Gasteiger partial charge in [-0.25, -0.2) is 0 Å². The highest BCUT2D eigenvalue weighted by Gasteiger charge is 2.26. The molecule has 2 aromatic rings. The van der Waals surface area contributed by atoms with E-state index in [1.165, 1.54) is 4.90 Å². The standard InChI is InChI=1S/C21H24Cl2N2O4/c1-15(21(27)24-11-12-28-2)25(13-16-7-9-17(22)10-8-16)20(26)14-29-19-6-4-3-5-18(19)23/h3-10,15H,11-14H2,1-2H3,(H,24,27)/t15-/m0/s1. The van der Waals surface area contributed by atoms with Gasteiger partial charge in [-0.05, 0) is 36.8 Å².